The molecule has 0 aliphatic carbocycles. The van der Waals surface area contributed by atoms with Crippen molar-refractivity contribution in [2.75, 3.05) is 7.11 Å². The van der Waals surface area contributed by atoms with E-state index in [4.69, 9.17) is 4.74 Å². The minimum Gasteiger partial charge on any atom is -0.496 e. The normalized spacial score (nSPS) is 10.3. The summed E-state index contributed by atoms with van der Waals surface area (Å²) in [4.78, 5) is 15.4. The molecular weight excluding hydrogens is 216 g/mol. The third-order valence-electron chi connectivity index (χ3n) is 2.64. The molecule has 1 aromatic carbocycles. The highest BCUT2D eigenvalue weighted by Crippen LogP contribution is 2.24. The summed E-state index contributed by atoms with van der Waals surface area (Å²) in [5.74, 6) is 0.800. The SMILES string of the molecule is COc1ccc(-c2cn(C(C)=O)cn2)cc1C. The molecule has 0 amide bonds. The lowest BCUT2D eigenvalue weighted by Gasteiger charge is -2.05. The summed E-state index contributed by atoms with van der Waals surface area (Å²) in [6, 6.07) is 5.82. The molecule has 17 heavy (non-hydrogen) atoms. The molecule has 1 heterocycles. The van der Waals surface area contributed by atoms with E-state index in [1.54, 1.807) is 13.3 Å². The van der Waals surface area contributed by atoms with Gasteiger partial charge in [-0.3, -0.25) is 9.36 Å². The summed E-state index contributed by atoms with van der Waals surface area (Å²) in [5, 5.41) is 0. The van der Waals surface area contributed by atoms with E-state index in [1.165, 1.54) is 17.8 Å². The molecule has 1 aromatic heterocycles. The molecular formula is C13H14N2O2. The average Bonchev–Trinajstić information content (AvgIpc) is 2.78. The zero-order chi connectivity index (χ0) is 12.4. The number of carbonyl (C=O) groups excluding carboxylic acids is 1. The molecule has 0 N–H and O–H groups in total. The number of aryl methyl sites for hydroxylation is 1. The Hall–Kier alpha value is -2.10. The van der Waals surface area contributed by atoms with Crippen molar-refractivity contribution in [1.82, 2.24) is 9.55 Å². The molecule has 2 aromatic rings. The summed E-state index contributed by atoms with van der Waals surface area (Å²) >= 11 is 0. The first kappa shape index (κ1) is 11.4. The summed E-state index contributed by atoms with van der Waals surface area (Å²) in [6.45, 7) is 3.48. The van der Waals surface area contributed by atoms with E-state index in [1.807, 2.05) is 25.1 Å². The largest absolute Gasteiger partial charge is 0.496 e. The lowest BCUT2D eigenvalue weighted by atomic mass is 10.1. The van der Waals surface area contributed by atoms with Crippen molar-refractivity contribution in [3.8, 4) is 17.0 Å². The lowest BCUT2D eigenvalue weighted by molar-refractivity contribution is 0.0936. The Labute approximate surface area is 99.9 Å². The minimum atomic E-state index is -0.0472. The summed E-state index contributed by atoms with van der Waals surface area (Å²) in [6.07, 6.45) is 3.25. The van der Waals surface area contributed by atoms with Crippen LogP contribution in [0.4, 0.5) is 0 Å². The van der Waals surface area contributed by atoms with Crippen LogP contribution in [-0.2, 0) is 0 Å². The first-order valence-electron chi connectivity index (χ1n) is 5.32. The summed E-state index contributed by atoms with van der Waals surface area (Å²) < 4.78 is 6.67. The van der Waals surface area contributed by atoms with Gasteiger partial charge in [-0.2, -0.15) is 0 Å². The van der Waals surface area contributed by atoms with Crippen LogP contribution in [0, 0.1) is 6.92 Å². The lowest BCUT2D eigenvalue weighted by Crippen LogP contribution is -2.00. The zero-order valence-corrected chi connectivity index (χ0v) is 10.1. The third-order valence-corrected chi connectivity index (χ3v) is 2.64. The van der Waals surface area contributed by atoms with Crippen molar-refractivity contribution in [1.29, 1.82) is 0 Å². The van der Waals surface area contributed by atoms with Gasteiger partial charge >= 0.3 is 0 Å². The van der Waals surface area contributed by atoms with Gasteiger partial charge in [-0.1, -0.05) is 0 Å². The number of benzene rings is 1. The van der Waals surface area contributed by atoms with Crippen LogP contribution in [-0.4, -0.2) is 22.6 Å². The molecule has 4 heteroatoms. The van der Waals surface area contributed by atoms with Crippen molar-refractivity contribution in [2.45, 2.75) is 13.8 Å². The van der Waals surface area contributed by atoms with Crippen molar-refractivity contribution in [3.63, 3.8) is 0 Å². The Kier molecular flexibility index (Phi) is 2.95. The zero-order valence-electron chi connectivity index (χ0n) is 10.1. The van der Waals surface area contributed by atoms with Crippen LogP contribution in [0.25, 0.3) is 11.3 Å². The highest BCUT2D eigenvalue weighted by molar-refractivity contribution is 5.77. The topological polar surface area (TPSA) is 44.1 Å². The number of nitrogens with zero attached hydrogens (tertiary/aromatic N) is 2. The Morgan fingerprint density at radius 3 is 2.71 bits per heavy atom. The van der Waals surface area contributed by atoms with Gasteiger partial charge in [-0.25, -0.2) is 4.98 Å². The molecule has 2 rings (SSSR count). The molecule has 0 atom stereocenters. The average molecular weight is 230 g/mol. The summed E-state index contributed by atoms with van der Waals surface area (Å²) in [5.41, 5.74) is 2.80. The smallest absolute Gasteiger partial charge is 0.228 e. The van der Waals surface area contributed by atoms with Gasteiger partial charge in [0.1, 0.15) is 12.1 Å². The van der Waals surface area contributed by atoms with Gasteiger partial charge in [0.2, 0.25) is 5.91 Å². The van der Waals surface area contributed by atoms with Crippen LogP contribution in [0.3, 0.4) is 0 Å². The number of rotatable bonds is 2. The fourth-order valence-electron chi connectivity index (χ4n) is 1.68. The molecule has 0 bridgehead atoms. The molecule has 0 aliphatic heterocycles. The molecule has 88 valence electrons. The van der Waals surface area contributed by atoms with E-state index < -0.39 is 0 Å². The standard InChI is InChI=1S/C13H14N2O2/c1-9-6-11(4-5-13(9)17-3)12-7-15(8-14-12)10(2)16/h4-8H,1-3H3. The summed E-state index contributed by atoms with van der Waals surface area (Å²) in [7, 11) is 1.65. The van der Waals surface area contributed by atoms with Crippen molar-refractivity contribution >= 4 is 5.91 Å². The molecule has 0 saturated heterocycles. The van der Waals surface area contributed by atoms with Gasteiger partial charge < -0.3 is 4.74 Å². The first-order chi connectivity index (χ1) is 8.11. The molecule has 0 saturated carbocycles. The Morgan fingerprint density at radius 2 is 2.18 bits per heavy atom. The second-order valence-electron chi connectivity index (χ2n) is 3.87. The van der Waals surface area contributed by atoms with Gasteiger partial charge in [-0.15, -0.1) is 0 Å². The van der Waals surface area contributed by atoms with Crippen LogP contribution in [0.5, 0.6) is 5.75 Å². The molecule has 0 unspecified atom stereocenters. The maximum absolute atomic E-state index is 11.2. The molecule has 4 nitrogen and oxygen atoms in total. The molecule has 0 spiro atoms. The number of hydrogen-bond donors (Lipinski definition) is 0. The van der Waals surface area contributed by atoms with E-state index in [2.05, 4.69) is 4.98 Å². The van der Waals surface area contributed by atoms with Crippen LogP contribution in [0.15, 0.2) is 30.7 Å². The monoisotopic (exact) mass is 230 g/mol. The van der Waals surface area contributed by atoms with E-state index in [9.17, 15) is 4.79 Å². The fraction of sp³-hybridized carbons (Fsp3) is 0.231. The predicted molar refractivity (Wildman–Crippen MR) is 65.3 cm³/mol. The first-order valence-corrected chi connectivity index (χ1v) is 5.32. The fourth-order valence-corrected chi connectivity index (χ4v) is 1.68. The number of ether oxygens (including phenoxy) is 1. The molecule has 0 radical (unpaired) electrons. The Morgan fingerprint density at radius 1 is 1.41 bits per heavy atom. The number of methoxy groups -OCH3 is 1. The minimum absolute atomic E-state index is 0.0472. The maximum atomic E-state index is 11.2. The van der Waals surface area contributed by atoms with Crippen molar-refractivity contribution < 1.29 is 9.53 Å². The van der Waals surface area contributed by atoms with Gasteiger partial charge in [0.05, 0.1) is 12.8 Å². The van der Waals surface area contributed by atoms with Gasteiger partial charge in [0, 0.05) is 18.7 Å². The Balaban J connectivity index is 2.39. The number of carbonyl (C=O) groups is 1. The second-order valence-corrected chi connectivity index (χ2v) is 3.87. The van der Waals surface area contributed by atoms with Crippen LogP contribution >= 0.6 is 0 Å². The number of imidazole rings is 1. The maximum Gasteiger partial charge on any atom is 0.228 e. The predicted octanol–water partition coefficient (Wildman–Crippen LogP) is 2.53. The quantitative estimate of drug-likeness (QED) is 0.796. The Bertz CT molecular complexity index is 558. The van der Waals surface area contributed by atoms with Crippen molar-refractivity contribution in [3.05, 3.63) is 36.3 Å². The molecule has 0 aliphatic rings. The van der Waals surface area contributed by atoms with E-state index >= 15 is 0 Å². The van der Waals surface area contributed by atoms with Crippen molar-refractivity contribution in [2.24, 2.45) is 0 Å². The van der Waals surface area contributed by atoms with E-state index in [-0.39, 0.29) is 5.91 Å². The number of hydrogen-bond acceptors (Lipinski definition) is 3. The molecule has 0 fully saturated rings. The van der Waals surface area contributed by atoms with E-state index in [0.29, 0.717) is 0 Å². The van der Waals surface area contributed by atoms with Gasteiger partial charge in [-0.05, 0) is 30.7 Å². The van der Waals surface area contributed by atoms with E-state index in [0.717, 1.165) is 22.6 Å². The highest BCUT2D eigenvalue weighted by atomic mass is 16.5. The van der Waals surface area contributed by atoms with Crippen LogP contribution < -0.4 is 4.74 Å². The van der Waals surface area contributed by atoms with Crippen LogP contribution in [0.2, 0.25) is 0 Å². The highest BCUT2D eigenvalue weighted by Gasteiger charge is 2.06. The second kappa shape index (κ2) is 4.41. The van der Waals surface area contributed by atoms with Gasteiger partial charge in [0.25, 0.3) is 0 Å². The third kappa shape index (κ3) is 2.20. The van der Waals surface area contributed by atoms with Crippen LogP contribution in [0.1, 0.15) is 17.3 Å². The van der Waals surface area contributed by atoms with Gasteiger partial charge in [0.15, 0.2) is 0 Å². The number of aromatic nitrogens is 2.